The van der Waals surface area contributed by atoms with Crippen molar-refractivity contribution >= 4 is 16.0 Å². The van der Waals surface area contributed by atoms with Crippen molar-refractivity contribution in [1.82, 2.24) is 14.7 Å². The molecule has 2 heterocycles. The van der Waals surface area contributed by atoms with Crippen LogP contribution in [0.1, 0.15) is 24.2 Å². The summed E-state index contributed by atoms with van der Waals surface area (Å²) in [6, 6.07) is 1.87. The molecule has 0 aromatic carbocycles. The van der Waals surface area contributed by atoms with E-state index in [1.54, 1.807) is 0 Å². The molecular formula is C12H20N4O2S. The van der Waals surface area contributed by atoms with Crippen molar-refractivity contribution in [3.63, 3.8) is 0 Å². The van der Waals surface area contributed by atoms with Crippen molar-refractivity contribution in [2.75, 3.05) is 24.2 Å². The molecule has 0 spiro atoms. The quantitative estimate of drug-likeness (QED) is 0.877. The molecule has 19 heavy (non-hydrogen) atoms. The summed E-state index contributed by atoms with van der Waals surface area (Å²) in [6.45, 7) is 4.66. The molecule has 0 bridgehead atoms. The zero-order valence-corrected chi connectivity index (χ0v) is 12.4. The molecule has 1 aromatic rings. The zero-order valence-electron chi connectivity index (χ0n) is 11.5. The molecular weight excluding hydrogens is 264 g/mol. The Balaban J connectivity index is 2.23. The fourth-order valence-corrected chi connectivity index (χ4v) is 3.46. The number of aromatic nitrogens is 2. The number of hydrogen-bond donors (Lipinski definition) is 1. The molecule has 1 aliphatic heterocycles. The fraction of sp³-hybridized carbons (Fsp3) is 0.667. The van der Waals surface area contributed by atoms with Crippen LogP contribution in [0.5, 0.6) is 0 Å². The summed E-state index contributed by atoms with van der Waals surface area (Å²) in [5, 5.41) is 0. The van der Waals surface area contributed by atoms with Gasteiger partial charge in [0.25, 0.3) is 0 Å². The molecule has 1 fully saturated rings. The minimum Gasteiger partial charge on any atom is -0.337 e. The average Bonchev–Trinajstić information content (AvgIpc) is 2.75. The Kier molecular flexibility index (Phi) is 4.05. The first-order valence-corrected chi connectivity index (χ1v) is 8.06. The van der Waals surface area contributed by atoms with Gasteiger partial charge in [-0.25, -0.2) is 23.1 Å². The van der Waals surface area contributed by atoms with E-state index in [-0.39, 0.29) is 11.8 Å². The second kappa shape index (κ2) is 5.42. The van der Waals surface area contributed by atoms with E-state index >= 15 is 0 Å². The summed E-state index contributed by atoms with van der Waals surface area (Å²) in [5.74, 6) is 0.742. The van der Waals surface area contributed by atoms with E-state index in [0.29, 0.717) is 5.95 Å². The first-order valence-electron chi connectivity index (χ1n) is 6.41. The third-order valence-electron chi connectivity index (χ3n) is 3.33. The monoisotopic (exact) mass is 284 g/mol. The van der Waals surface area contributed by atoms with Crippen molar-refractivity contribution in [2.24, 2.45) is 0 Å². The lowest BCUT2D eigenvalue weighted by atomic mass is 10.2. The highest BCUT2D eigenvalue weighted by Crippen LogP contribution is 2.23. The summed E-state index contributed by atoms with van der Waals surface area (Å²) < 4.78 is 25.7. The van der Waals surface area contributed by atoms with Gasteiger partial charge in [0, 0.05) is 24.0 Å². The van der Waals surface area contributed by atoms with Gasteiger partial charge in [0.15, 0.2) is 0 Å². The zero-order chi connectivity index (χ0) is 14.0. The van der Waals surface area contributed by atoms with Gasteiger partial charge in [-0.15, -0.1) is 0 Å². The Bertz CT molecular complexity index is 539. The van der Waals surface area contributed by atoms with Gasteiger partial charge in [-0.2, -0.15) is 0 Å². The van der Waals surface area contributed by atoms with Crippen molar-refractivity contribution in [2.45, 2.75) is 32.7 Å². The van der Waals surface area contributed by atoms with Crippen LogP contribution in [-0.2, 0) is 10.0 Å². The first-order chi connectivity index (χ1) is 8.91. The van der Waals surface area contributed by atoms with Gasteiger partial charge in [-0.05, 0) is 39.8 Å². The number of anilines is 1. The third kappa shape index (κ3) is 3.42. The highest BCUT2D eigenvalue weighted by molar-refractivity contribution is 7.89. The van der Waals surface area contributed by atoms with E-state index in [1.165, 1.54) is 7.05 Å². The minimum absolute atomic E-state index is 0.0429. The van der Waals surface area contributed by atoms with Crippen molar-refractivity contribution in [3.8, 4) is 0 Å². The van der Waals surface area contributed by atoms with Gasteiger partial charge in [-0.3, -0.25) is 0 Å². The minimum atomic E-state index is -3.21. The summed E-state index contributed by atoms with van der Waals surface area (Å²) in [5.41, 5.74) is 1.81. The Morgan fingerprint density at radius 3 is 2.58 bits per heavy atom. The number of sulfonamides is 1. The second-order valence-electron chi connectivity index (χ2n) is 4.93. The molecule has 1 atom stereocenters. The summed E-state index contributed by atoms with van der Waals surface area (Å²) >= 11 is 0. The number of rotatable bonds is 4. The van der Waals surface area contributed by atoms with Crippen LogP contribution in [0.3, 0.4) is 0 Å². The molecule has 2 rings (SSSR count). The molecule has 1 N–H and O–H groups in total. The maximum atomic E-state index is 11.7. The largest absolute Gasteiger partial charge is 0.337 e. The molecule has 1 aliphatic rings. The molecule has 0 radical (unpaired) electrons. The van der Waals surface area contributed by atoms with E-state index in [4.69, 9.17) is 0 Å². The molecule has 7 heteroatoms. The first kappa shape index (κ1) is 14.2. The molecule has 0 aliphatic carbocycles. The Morgan fingerprint density at radius 1 is 1.37 bits per heavy atom. The summed E-state index contributed by atoms with van der Waals surface area (Å²) in [7, 11) is -1.76. The molecule has 1 saturated heterocycles. The fourth-order valence-electron chi connectivity index (χ4n) is 2.44. The topological polar surface area (TPSA) is 75.2 Å². The normalized spacial score (nSPS) is 19.9. The molecule has 0 amide bonds. The van der Waals surface area contributed by atoms with E-state index in [0.717, 1.165) is 30.8 Å². The van der Waals surface area contributed by atoms with Gasteiger partial charge in [-0.1, -0.05) is 0 Å². The molecule has 1 unspecified atom stereocenters. The van der Waals surface area contributed by atoms with Crippen molar-refractivity contribution in [1.29, 1.82) is 0 Å². The molecule has 0 saturated carbocycles. The molecule has 106 valence electrons. The summed E-state index contributed by atoms with van der Waals surface area (Å²) in [6.07, 6.45) is 1.83. The Morgan fingerprint density at radius 2 is 2.00 bits per heavy atom. The van der Waals surface area contributed by atoms with E-state index in [9.17, 15) is 8.42 Å². The van der Waals surface area contributed by atoms with Crippen LogP contribution in [0.25, 0.3) is 0 Å². The maximum absolute atomic E-state index is 11.7. The van der Waals surface area contributed by atoms with E-state index < -0.39 is 10.0 Å². The van der Waals surface area contributed by atoms with Crippen LogP contribution in [-0.4, -0.2) is 43.8 Å². The smallest absolute Gasteiger partial charge is 0.226 e. The highest BCUT2D eigenvalue weighted by atomic mass is 32.2. The van der Waals surface area contributed by atoms with Crippen LogP contribution in [0.15, 0.2) is 6.07 Å². The van der Waals surface area contributed by atoms with E-state index in [2.05, 4.69) is 14.7 Å². The van der Waals surface area contributed by atoms with Gasteiger partial charge in [0.05, 0.1) is 5.75 Å². The van der Waals surface area contributed by atoms with Crippen LogP contribution >= 0.6 is 0 Å². The Hall–Kier alpha value is -1.21. The van der Waals surface area contributed by atoms with Crippen LogP contribution in [0.4, 0.5) is 5.95 Å². The summed E-state index contributed by atoms with van der Waals surface area (Å²) in [4.78, 5) is 10.9. The van der Waals surface area contributed by atoms with Crippen LogP contribution in [0, 0.1) is 13.8 Å². The van der Waals surface area contributed by atoms with E-state index in [1.807, 2.05) is 24.8 Å². The lowest BCUT2D eigenvalue weighted by molar-refractivity contribution is 0.577. The molecule has 6 nitrogen and oxygen atoms in total. The number of nitrogens with one attached hydrogen (secondary N) is 1. The van der Waals surface area contributed by atoms with Gasteiger partial charge < -0.3 is 4.90 Å². The van der Waals surface area contributed by atoms with Gasteiger partial charge in [0.2, 0.25) is 16.0 Å². The highest BCUT2D eigenvalue weighted by Gasteiger charge is 2.30. The average molecular weight is 284 g/mol. The predicted molar refractivity (Wildman–Crippen MR) is 74.7 cm³/mol. The lowest BCUT2D eigenvalue weighted by Crippen LogP contribution is -2.39. The third-order valence-corrected chi connectivity index (χ3v) is 4.77. The van der Waals surface area contributed by atoms with Gasteiger partial charge in [0.1, 0.15) is 0 Å². The predicted octanol–water partition coefficient (Wildman–Crippen LogP) is 0.611. The van der Waals surface area contributed by atoms with Crippen molar-refractivity contribution in [3.05, 3.63) is 17.5 Å². The van der Waals surface area contributed by atoms with Gasteiger partial charge >= 0.3 is 0 Å². The number of nitrogens with zero attached hydrogens (tertiary/aromatic N) is 3. The maximum Gasteiger partial charge on any atom is 0.226 e. The Labute approximate surface area is 114 Å². The standard InChI is InChI=1S/C12H20N4O2S/c1-9-7-10(2)15-12(14-9)16-6-4-5-11(16)8-19(17,18)13-3/h7,11,13H,4-6,8H2,1-3H3. The lowest BCUT2D eigenvalue weighted by Gasteiger charge is -2.24. The molecule has 1 aromatic heterocycles. The van der Waals surface area contributed by atoms with Crippen LogP contribution < -0.4 is 9.62 Å². The SMILES string of the molecule is CNS(=O)(=O)CC1CCCN1c1nc(C)cc(C)n1. The number of aryl methyl sites for hydroxylation is 2. The van der Waals surface area contributed by atoms with Crippen molar-refractivity contribution < 1.29 is 8.42 Å². The number of hydrogen-bond acceptors (Lipinski definition) is 5. The second-order valence-corrected chi connectivity index (χ2v) is 6.90. The van der Waals surface area contributed by atoms with Crippen LogP contribution in [0.2, 0.25) is 0 Å².